The average Bonchev–Trinajstić information content (AvgIpc) is 3.02. The van der Waals surface area contributed by atoms with E-state index in [-0.39, 0.29) is 18.2 Å². The van der Waals surface area contributed by atoms with E-state index in [2.05, 4.69) is 11.9 Å². The summed E-state index contributed by atoms with van der Waals surface area (Å²) in [6.07, 6.45) is 2.31. The number of nitrogens with zero attached hydrogens (tertiary/aromatic N) is 2. The number of hydrogen-bond acceptors (Lipinski definition) is 5. The van der Waals surface area contributed by atoms with Crippen LogP contribution in [0, 0.1) is 0 Å². The van der Waals surface area contributed by atoms with Crippen LogP contribution in [0.3, 0.4) is 0 Å². The van der Waals surface area contributed by atoms with E-state index >= 15 is 0 Å². The number of anilines is 1. The van der Waals surface area contributed by atoms with Crippen molar-refractivity contribution in [1.82, 2.24) is 9.80 Å². The van der Waals surface area contributed by atoms with Crippen LogP contribution in [0.15, 0.2) is 61.2 Å². The smallest absolute Gasteiger partial charge is 0.252 e. The Bertz CT molecular complexity index is 976. The number of ether oxygens (including phenoxy) is 2. The predicted octanol–water partition coefficient (Wildman–Crippen LogP) is 3.26. The van der Waals surface area contributed by atoms with Gasteiger partial charge in [-0.15, -0.1) is 6.58 Å². The third-order valence-electron chi connectivity index (χ3n) is 5.27. The normalized spacial score (nSPS) is 15.6. The van der Waals surface area contributed by atoms with E-state index in [0.717, 1.165) is 11.3 Å². The topological polar surface area (TPSA) is 71.1 Å². The van der Waals surface area contributed by atoms with Crippen LogP contribution >= 0.6 is 12.2 Å². The van der Waals surface area contributed by atoms with Crippen LogP contribution in [0.5, 0.6) is 11.5 Å². The fraction of sp³-hybridized carbons (Fsp3) is 0.292. The Morgan fingerprint density at radius 2 is 1.69 bits per heavy atom. The maximum atomic E-state index is 13.0. The maximum Gasteiger partial charge on any atom is 0.252 e. The van der Waals surface area contributed by atoms with Gasteiger partial charge in [-0.2, -0.15) is 0 Å². The van der Waals surface area contributed by atoms with Crippen molar-refractivity contribution >= 4 is 34.8 Å². The van der Waals surface area contributed by atoms with Gasteiger partial charge in [0.2, 0.25) is 5.91 Å². The zero-order valence-electron chi connectivity index (χ0n) is 18.2. The second-order valence-corrected chi connectivity index (χ2v) is 7.67. The van der Waals surface area contributed by atoms with Gasteiger partial charge >= 0.3 is 0 Å². The molecular formula is C24H27N3O4S. The first-order chi connectivity index (χ1) is 15.5. The fourth-order valence-corrected chi connectivity index (χ4v) is 3.93. The predicted molar refractivity (Wildman–Crippen MR) is 128 cm³/mol. The molecule has 0 spiro atoms. The molecule has 0 saturated carbocycles. The molecule has 168 valence electrons. The molecule has 3 rings (SSSR count). The summed E-state index contributed by atoms with van der Waals surface area (Å²) in [5.74, 6) is 1.04. The lowest BCUT2D eigenvalue weighted by molar-refractivity contribution is -0.130. The lowest BCUT2D eigenvalue weighted by Crippen LogP contribution is -2.39. The van der Waals surface area contributed by atoms with Gasteiger partial charge in [-0.3, -0.25) is 14.5 Å². The minimum absolute atomic E-state index is 0.00125. The Hall–Kier alpha value is -3.39. The molecule has 1 fully saturated rings. The molecule has 2 amide bonds. The summed E-state index contributed by atoms with van der Waals surface area (Å²) in [6.45, 7) is 4.54. The summed E-state index contributed by atoms with van der Waals surface area (Å²) in [5.41, 5.74) is 1.72. The van der Waals surface area contributed by atoms with Crippen molar-refractivity contribution < 1.29 is 19.1 Å². The van der Waals surface area contributed by atoms with Crippen LogP contribution in [-0.2, 0) is 16.0 Å². The van der Waals surface area contributed by atoms with E-state index in [1.54, 1.807) is 44.6 Å². The van der Waals surface area contributed by atoms with Gasteiger partial charge in [0, 0.05) is 18.8 Å². The highest BCUT2D eigenvalue weighted by Gasteiger charge is 2.42. The molecule has 0 bridgehead atoms. The molecule has 2 aromatic rings. The van der Waals surface area contributed by atoms with E-state index in [1.807, 2.05) is 29.2 Å². The number of benzene rings is 2. The van der Waals surface area contributed by atoms with Crippen molar-refractivity contribution in [3.8, 4) is 11.5 Å². The first-order valence-electron chi connectivity index (χ1n) is 10.3. The molecule has 7 nitrogen and oxygen atoms in total. The number of carbonyl (C=O) groups is 2. The van der Waals surface area contributed by atoms with Crippen molar-refractivity contribution in [1.29, 1.82) is 0 Å². The van der Waals surface area contributed by atoms with Crippen molar-refractivity contribution in [3.63, 3.8) is 0 Å². The van der Waals surface area contributed by atoms with Crippen LogP contribution in [0.1, 0.15) is 12.0 Å². The largest absolute Gasteiger partial charge is 0.497 e. The Balaban J connectivity index is 1.70. The van der Waals surface area contributed by atoms with Crippen LogP contribution in [0.25, 0.3) is 0 Å². The molecule has 1 atom stereocenters. The van der Waals surface area contributed by atoms with Gasteiger partial charge in [0.05, 0.1) is 20.6 Å². The third kappa shape index (κ3) is 5.45. The summed E-state index contributed by atoms with van der Waals surface area (Å²) >= 11 is 5.56. The van der Waals surface area contributed by atoms with Gasteiger partial charge in [0.25, 0.3) is 5.91 Å². The summed E-state index contributed by atoms with van der Waals surface area (Å²) in [5, 5.41) is 3.26. The summed E-state index contributed by atoms with van der Waals surface area (Å²) in [6, 6.07) is 14.1. The first-order valence-corrected chi connectivity index (χ1v) is 10.7. The molecule has 1 heterocycles. The minimum atomic E-state index is -0.654. The third-order valence-corrected chi connectivity index (χ3v) is 5.72. The number of hydrogen-bond donors (Lipinski definition) is 1. The highest BCUT2D eigenvalue weighted by molar-refractivity contribution is 7.80. The highest BCUT2D eigenvalue weighted by atomic mass is 32.1. The standard InChI is InChI=1S/C24H27N3O4S/c1-4-14-27-23(29)21(16-22(28)25-18-7-11-20(31-3)12-8-18)26(24(27)32)15-13-17-5-9-19(30-2)10-6-17/h4-12,21H,1,13-16H2,2-3H3,(H,25,28)/t21-/m0/s1. The van der Waals surface area contributed by atoms with Gasteiger partial charge in [0.15, 0.2) is 5.11 Å². The first kappa shape index (κ1) is 23.3. The summed E-state index contributed by atoms with van der Waals surface area (Å²) in [4.78, 5) is 29.1. The van der Waals surface area contributed by atoms with Gasteiger partial charge in [-0.05, 0) is 60.6 Å². The van der Waals surface area contributed by atoms with Crippen LogP contribution < -0.4 is 14.8 Å². The Kier molecular flexibility index (Phi) is 7.83. The molecular weight excluding hydrogens is 426 g/mol. The molecule has 1 aliphatic rings. The maximum absolute atomic E-state index is 13.0. The molecule has 1 aliphatic heterocycles. The zero-order valence-corrected chi connectivity index (χ0v) is 19.1. The molecule has 2 aromatic carbocycles. The number of carbonyl (C=O) groups excluding carboxylic acids is 2. The molecule has 0 aromatic heterocycles. The molecule has 32 heavy (non-hydrogen) atoms. The number of amides is 2. The Morgan fingerprint density at radius 3 is 2.25 bits per heavy atom. The summed E-state index contributed by atoms with van der Waals surface area (Å²) < 4.78 is 10.3. The lowest BCUT2D eigenvalue weighted by atomic mass is 10.1. The Morgan fingerprint density at radius 1 is 1.09 bits per heavy atom. The molecule has 1 N–H and O–H groups in total. The van der Waals surface area contributed by atoms with E-state index in [9.17, 15) is 9.59 Å². The SMILES string of the molecule is C=CCN1C(=O)[C@H](CC(=O)Nc2ccc(OC)cc2)N(CCc2ccc(OC)cc2)C1=S. The fourth-order valence-electron chi connectivity index (χ4n) is 3.55. The number of rotatable bonds is 10. The van der Waals surface area contributed by atoms with Gasteiger partial charge in [-0.25, -0.2) is 0 Å². The van der Waals surface area contributed by atoms with E-state index in [4.69, 9.17) is 21.7 Å². The highest BCUT2D eigenvalue weighted by Crippen LogP contribution is 2.23. The lowest BCUT2D eigenvalue weighted by Gasteiger charge is -2.24. The quantitative estimate of drug-likeness (QED) is 0.440. The van der Waals surface area contributed by atoms with Crippen molar-refractivity contribution in [3.05, 3.63) is 66.7 Å². The number of methoxy groups -OCH3 is 2. The zero-order chi connectivity index (χ0) is 23.1. The van der Waals surface area contributed by atoms with Gasteiger partial charge in [0.1, 0.15) is 17.5 Å². The molecule has 0 aliphatic carbocycles. The second-order valence-electron chi connectivity index (χ2n) is 7.31. The van der Waals surface area contributed by atoms with Gasteiger partial charge < -0.3 is 19.7 Å². The van der Waals surface area contributed by atoms with Crippen molar-refractivity contribution in [2.45, 2.75) is 18.9 Å². The minimum Gasteiger partial charge on any atom is -0.497 e. The number of nitrogens with one attached hydrogen (secondary N) is 1. The molecule has 0 radical (unpaired) electrons. The Labute approximate surface area is 193 Å². The van der Waals surface area contributed by atoms with E-state index in [0.29, 0.717) is 36.1 Å². The monoisotopic (exact) mass is 453 g/mol. The van der Waals surface area contributed by atoms with Crippen LogP contribution in [0.4, 0.5) is 5.69 Å². The average molecular weight is 454 g/mol. The van der Waals surface area contributed by atoms with E-state index < -0.39 is 6.04 Å². The summed E-state index contributed by atoms with van der Waals surface area (Å²) in [7, 11) is 3.21. The van der Waals surface area contributed by atoms with Crippen molar-refractivity contribution in [2.24, 2.45) is 0 Å². The molecule has 1 saturated heterocycles. The van der Waals surface area contributed by atoms with Gasteiger partial charge in [-0.1, -0.05) is 18.2 Å². The molecule has 8 heteroatoms. The number of thiocarbonyl (C=S) groups is 1. The van der Waals surface area contributed by atoms with Crippen LogP contribution in [0.2, 0.25) is 0 Å². The van der Waals surface area contributed by atoms with E-state index in [1.165, 1.54) is 4.90 Å². The molecule has 0 unspecified atom stereocenters. The second kappa shape index (κ2) is 10.8. The van der Waals surface area contributed by atoms with Crippen LogP contribution in [-0.4, -0.2) is 60.1 Å². The van der Waals surface area contributed by atoms with Crippen molar-refractivity contribution in [2.75, 3.05) is 32.6 Å².